The molecule has 0 spiro atoms. The minimum absolute atomic E-state index is 0.581. The average Bonchev–Trinajstić information content (AvgIpc) is 3.66. The molecular weight excluding hydrogens is 741 g/mol. The summed E-state index contributed by atoms with van der Waals surface area (Å²) in [7, 11) is 0. The van der Waals surface area contributed by atoms with Crippen LogP contribution in [0.25, 0.3) is 78.9 Å². The van der Waals surface area contributed by atoms with Crippen molar-refractivity contribution in [3.8, 4) is 78.9 Å². The van der Waals surface area contributed by atoms with Gasteiger partial charge in [0, 0.05) is 27.8 Å². The van der Waals surface area contributed by atoms with Crippen LogP contribution >= 0.6 is 0 Å². The number of benzene rings is 8. The maximum absolute atomic E-state index is 5.25. The number of aromatic nitrogens is 4. The van der Waals surface area contributed by atoms with E-state index in [0.29, 0.717) is 17.5 Å². The first kappa shape index (κ1) is 36.0. The van der Waals surface area contributed by atoms with Gasteiger partial charge in [-0.3, -0.25) is 0 Å². The first-order chi connectivity index (χ1) is 30.2. The summed E-state index contributed by atoms with van der Waals surface area (Å²) in [6.45, 7) is 0. The topological polar surface area (TPSA) is 51.6 Å². The van der Waals surface area contributed by atoms with Crippen molar-refractivity contribution in [3.63, 3.8) is 0 Å². The zero-order valence-corrected chi connectivity index (χ0v) is 33.2. The highest BCUT2D eigenvalue weighted by Crippen LogP contribution is 2.56. The van der Waals surface area contributed by atoms with Crippen LogP contribution in [-0.4, -0.2) is 19.9 Å². The lowest BCUT2D eigenvalue weighted by Gasteiger charge is -2.34. The van der Waals surface area contributed by atoms with E-state index in [-0.39, 0.29) is 0 Å². The molecule has 61 heavy (non-hydrogen) atoms. The van der Waals surface area contributed by atoms with Gasteiger partial charge in [0.25, 0.3) is 0 Å². The summed E-state index contributed by atoms with van der Waals surface area (Å²) in [6, 6.07) is 81.2. The first-order valence-corrected chi connectivity index (χ1v) is 20.6. The zero-order valence-electron chi connectivity index (χ0n) is 33.2. The third-order valence-electron chi connectivity index (χ3n) is 11.8. The molecule has 0 unspecified atom stereocenters. The van der Waals surface area contributed by atoms with Crippen LogP contribution in [0.4, 0.5) is 0 Å². The minimum atomic E-state index is -0.581. The van der Waals surface area contributed by atoms with Gasteiger partial charge < -0.3 is 0 Å². The molecule has 0 fully saturated rings. The van der Waals surface area contributed by atoms with E-state index in [1.165, 1.54) is 27.8 Å². The van der Waals surface area contributed by atoms with Crippen molar-refractivity contribution in [1.29, 1.82) is 0 Å². The van der Waals surface area contributed by atoms with E-state index in [1.54, 1.807) is 0 Å². The van der Waals surface area contributed by atoms with E-state index in [1.807, 2.05) is 66.7 Å². The van der Waals surface area contributed by atoms with E-state index < -0.39 is 5.41 Å². The molecule has 10 aromatic rings. The molecule has 8 aromatic carbocycles. The molecule has 1 aliphatic carbocycles. The number of rotatable bonds is 8. The van der Waals surface area contributed by atoms with E-state index in [4.69, 9.17) is 19.9 Å². The molecule has 11 rings (SSSR count). The van der Waals surface area contributed by atoms with Crippen LogP contribution in [-0.2, 0) is 5.41 Å². The van der Waals surface area contributed by atoms with Gasteiger partial charge in [0.2, 0.25) is 0 Å². The molecule has 0 saturated carbocycles. The van der Waals surface area contributed by atoms with Gasteiger partial charge in [0.05, 0.1) is 16.8 Å². The maximum Gasteiger partial charge on any atom is 0.164 e. The quantitative estimate of drug-likeness (QED) is 0.154. The summed E-state index contributed by atoms with van der Waals surface area (Å²) < 4.78 is 0. The molecule has 2 aromatic heterocycles. The van der Waals surface area contributed by atoms with E-state index >= 15 is 0 Å². The Bertz CT molecular complexity index is 2810. The van der Waals surface area contributed by atoms with Crippen LogP contribution in [0.15, 0.2) is 231 Å². The summed E-state index contributed by atoms with van der Waals surface area (Å²) in [4.78, 5) is 20.2. The number of pyridine rings is 1. The lowest BCUT2D eigenvalue weighted by molar-refractivity contribution is 0.768. The molecular formula is C57H38N4. The van der Waals surface area contributed by atoms with Crippen molar-refractivity contribution >= 4 is 0 Å². The second-order valence-electron chi connectivity index (χ2n) is 15.4. The molecule has 0 saturated heterocycles. The molecule has 0 radical (unpaired) electrons. The van der Waals surface area contributed by atoms with Gasteiger partial charge in [-0.05, 0) is 56.6 Å². The second-order valence-corrected chi connectivity index (χ2v) is 15.4. The van der Waals surface area contributed by atoms with Gasteiger partial charge in [-0.2, -0.15) is 0 Å². The highest BCUT2D eigenvalue weighted by atomic mass is 15.0. The van der Waals surface area contributed by atoms with Crippen LogP contribution in [0.2, 0.25) is 0 Å². The summed E-state index contributed by atoms with van der Waals surface area (Å²) in [5, 5.41) is 0. The Balaban J connectivity index is 1.05. The van der Waals surface area contributed by atoms with E-state index in [2.05, 4.69) is 164 Å². The second kappa shape index (κ2) is 15.3. The Morgan fingerprint density at radius 1 is 0.246 bits per heavy atom. The van der Waals surface area contributed by atoms with Crippen molar-refractivity contribution < 1.29 is 0 Å². The van der Waals surface area contributed by atoms with Crippen LogP contribution in [0.3, 0.4) is 0 Å². The number of fused-ring (bicyclic) bond motifs is 3. The van der Waals surface area contributed by atoms with Crippen molar-refractivity contribution in [1.82, 2.24) is 19.9 Å². The average molecular weight is 779 g/mol. The summed E-state index contributed by atoms with van der Waals surface area (Å²) in [5.41, 5.74) is 15.9. The molecule has 0 atom stereocenters. The molecule has 4 nitrogen and oxygen atoms in total. The lowest BCUT2D eigenvalue weighted by Crippen LogP contribution is -2.28. The molecule has 4 heteroatoms. The largest absolute Gasteiger partial charge is 0.248 e. The van der Waals surface area contributed by atoms with Crippen LogP contribution in [0, 0.1) is 0 Å². The Morgan fingerprint density at radius 2 is 0.574 bits per heavy atom. The normalized spacial score (nSPS) is 12.4. The standard InChI is InChI=1S/C57H38N4/c1-5-17-39(18-6-1)45-37-52(40-19-7-2-8-20-40)58-53(38-45)41-29-33-46(34-30-41)57(50-27-15-13-25-48(50)49-26-14-16-28-51(49)57)47-35-31-44(32-36-47)56-60-54(42-21-9-3-10-22-42)59-55(61-56)43-23-11-4-12-24-43/h1-38H. The molecule has 2 heterocycles. The van der Waals surface area contributed by atoms with Crippen LogP contribution in [0.1, 0.15) is 22.3 Å². The maximum atomic E-state index is 5.25. The van der Waals surface area contributed by atoms with Gasteiger partial charge in [-0.1, -0.05) is 218 Å². The third-order valence-corrected chi connectivity index (χ3v) is 11.8. The monoisotopic (exact) mass is 778 g/mol. The Kier molecular flexibility index (Phi) is 9.02. The van der Waals surface area contributed by atoms with Crippen LogP contribution < -0.4 is 0 Å². The Morgan fingerprint density at radius 3 is 1.02 bits per heavy atom. The molecule has 0 N–H and O–H groups in total. The highest BCUT2D eigenvalue weighted by Gasteiger charge is 2.45. The number of nitrogens with zero attached hydrogens (tertiary/aromatic N) is 4. The SMILES string of the molecule is c1ccc(-c2cc(-c3ccccc3)nc(-c3ccc(C4(c5ccc(-c6nc(-c7ccccc7)nc(-c7ccccc7)n6)cc5)c5ccccc5-c5ccccc54)cc3)c2)cc1. The van der Waals surface area contributed by atoms with Crippen molar-refractivity contribution in [2.75, 3.05) is 0 Å². The van der Waals surface area contributed by atoms with Gasteiger partial charge in [-0.25, -0.2) is 19.9 Å². The first-order valence-electron chi connectivity index (χ1n) is 20.6. The van der Waals surface area contributed by atoms with Gasteiger partial charge in [0.1, 0.15) is 0 Å². The molecule has 0 bridgehead atoms. The third kappa shape index (κ3) is 6.42. The van der Waals surface area contributed by atoms with Crippen molar-refractivity contribution in [3.05, 3.63) is 253 Å². The highest BCUT2D eigenvalue weighted by molar-refractivity contribution is 5.87. The summed E-state index contributed by atoms with van der Waals surface area (Å²) >= 11 is 0. The van der Waals surface area contributed by atoms with Gasteiger partial charge >= 0.3 is 0 Å². The minimum Gasteiger partial charge on any atom is -0.248 e. The summed E-state index contributed by atoms with van der Waals surface area (Å²) in [5.74, 6) is 1.91. The van der Waals surface area contributed by atoms with Crippen molar-refractivity contribution in [2.45, 2.75) is 5.41 Å². The predicted molar refractivity (Wildman–Crippen MR) is 248 cm³/mol. The van der Waals surface area contributed by atoms with Gasteiger partial charge in [-0.15, -0.1) is 0 Å². The lowest BCUT2D eigenvalue weighted by atomic mass is 9.67. The van der Waals surface area contributed by atoms with Gasteiger partial charge in [0.15, 0.2) is 17.5 Å². The zero-order chi connectivity index (χ0) is 40.6. The Labute approximate surface area is 355 Å². The molecule has 1 aliphatic rings. The fourth-order valence-corrected chi connectivity index (χ4v) is 8.95. The number of hydrogen-bond donors (Lipinski definition) is 0. The van der Waals surface area contributed by atoms with E-state index in [0.717, 1.165) is 55.9 Å². The molecule has 0 aliphatic heterocycles. The Hall–Kier alpha value is -8.08. The smallest absolute Gasteiger partial charge is 0.164 e. The molecule has 286 valence electrons. The van der Waals surface area contributed by atoms with Crippen LogP contribution in [0.5, 0.6) is 0 Å². The fraction of sp³-hybridized carbons (Fsp3) is 0.0175. The number of hydrogen-bond acceptors (Lipinski definition) is 4. The fourth-order valence-electron chi connectivity index (χ4n) is 8.95. The van der Waals surface area contributed by atoms with Crippen molar-refractivity contribution in [2.24, 2.45) is 0 Å². The molecule has 0 amide bonds. The predicted octanol–water partition coefficient (Wildman–Crippen LogP) is 13.6. The summed E-state index contributed by atoms with van der Waals surface area (Å²) in [6.07, 6.45) is 0. The van der Waals surface area contributed by atoms with E-state index in [9.17, 15) is 0 Å².